The quantitative estimate of drug-likeness (QED) is 0.151. The molecule has 0 fully saturated rings. The van der Waals surface area contributed by atoms with Gasteiger partial charge in [-0.05, 0) is 17.9 Å². The Morgan fingerprint density at radius 2 is 1.50 bits per heavy atom. The number of aliphatic carboxylic acids is 1. The number of aromatic amines is 1. The van der Waals surface area contributed by atoms with Crippen molar-refractivity contribution in [3.8, 4) is 0 Å². The minimum atomic E-state index is -1.27. The number of hydrogen-bond acceptors (Lipinski definition) is 7. The van der Waals surface area contributed by atoms with E-state index in [9.17, 15) is 29.1 Å². The first-order valence-electron chi connectivity index (χ1n) is 12.1. The third-order valence-electron chi connectivity index (χ3n) is 5.61. The number of nitrogens with zero attached hydrogens (tertiary/aromatic N) is 1. The lowest BCUT2D eigenvalue weighted by molar-refractivity contribution is -0.142. The molecule has 4 unspecified atom stereocenters. The maximum atomic E-state index is 13.4. The van der Waals surface area contributed by atoms with E-state index in [1.165, 1.54) is 12.5 Å². The molecule has 0 radical (unpaired) electrons. The van der Waals surface area contributed by atoms with Gasteiger partial charge in [0.2, 0.25) is 23.6 Å². The molecule has 2 rings (SSSR count). The number of hydrogen-bond donors (Lipinski definition) is 7. The first kappa shape index (κ1) is 30.0. The zero-order valence-electron chi connectivity index (χ0n) is 21.3. The standard InChI is InChI=1S/C25H35N7O6/c1-14(2)8-20(25(37)38)32-24(36)19(10-16-12-28-13-29-16)31-23(35)18(9-15-6-4-3-5-7-15)30-22(34)17(26)11-21(27)33/h3-7,12-14,17-20H,8-11,26H2,1-2H3,(H2,27,33)(H,28,29)(H,30,34)(H,31,35)(H,32,36)(H,37,38). The number of primary amides is 1. The molecular weight excluding hydrogens is 494 g/mol. The molecule has 4 atom stereocenters. The Balaban J connectivity index is 2.27. The highest BCUT2D eigenvalue weighted by Gasteiger charge is 2.31. The lowest BCUT2D eigenvalue weighted by Gasteiger charge is -2.25. The second-order valence-corrected chi connectivity index (χ2v) is 9.40. The third kappa shape index (κ3) is 10.0. The number of nitrogens with two attached hydrogens (primary N) is 2. The number of H-pyrrole nitrogens is 1. The highest BCUT2D eigenvalue weighted by molar-refractivity contribution is 5.95. The Bertz CT molecular complexity index is 1090. The molecular formula is C25H35N7O6. The van der Waals surface area contributed by atoms with Gasteiger partial charge in [0.15, 0.2) is 0 Å². The molecule has 1 aromatic heterocycles. The fraction of sp³-hybridized carbons (Fsp3) is 0.440. The molecule has 38 heavy (non-hydrogen) atoms. The number of rotatable bonds is 15. The highest BCUT2D eigenvalue weighted by atomic mass is 16.4. The van der Waals surface area contributed by atoms with Crippen LogP contribution in [0.2, 0.25) is 0 Å². The predicted octanol–water partition coefficient (Wildman–Crippen LogP) is -1.02. The van der Waals surface area contributed by atoms with Crippen LogP contribution in [-0.2, 0) is 36.8 Å². The Morgan fingerprint density at radius 3 is 2.03 bits per heavy atom. The molecule has 0 aliphatic rings. The van der Waals surface area contributed by atoms with Crippen molar-refractivity contribution >= 4 is 29.6 Å². The topological polar surface area (TPSA) is 222 Å². The Morgan fingerprint density at radius 1 is 0.921 bits per heavy atom. The largest absolute Gasteiger partial charge is 0.480 e. The van der Waals surface area contributed by atoms with E-state index in [1.54, 1.807) is 30.3 Å². The fourth-order valence-electron chi connectivity index (χ4n) is 3.71. The third-order valence-corrected chi connectivity index (χ3v) is 5.61. The molecule has 9 N–H and O–H groups in total. The van der Waals surface area contributed by atoms with Crippen molar-refractivity contribution in [3.05, 3.63) is 54.1 Å². The lowest BCUT2D eigenvalue weighted by atomic mass is 10.0. The summed E-state index contributed by atoms with van der Waals surface area (Å²) in [6, 6.07) is 4.06. The number of carbonyl (C=O) groups excluding carboxylic acids is 4. The van der Waals surface area contributed by atoms with Gasteiger partial charge in [-0.2, -0.15) is 0 Å². The zero-order chi connectivity index (χ0) is 28.2. The molecule has 2 aromatic rings. The van der Waals surface area contributed by atoms with Gasteiger partial charge in [-0.1, -0.05) is 44.2 Å². The fourth-order valence-corrected chi connectivity index (χ4v) is 3.71. The minimum Gasteiger partial charge on any atom is -0.480 e. The van der Waals surface area contributed by atoms with Crippen LogP contribution in [0, 0.1) is 5.92 Å². The van der Waals surface area contributed by atoms with Gasteiger partial charge in [-0.25, -0.2) is 9.78 Å². The predicted molar refractivity (Wildman–Crippen MR) is 137 cm³/mol. The summed E-state index contributed by atoms with van der Waals surface area (Å²) < 4.78 is 0. The van der Waals surface area contributed by atoms with Crippen LogP contribution in [0.15, 0.2) is 42.9 Å². The molecule has 0 aliphatic carbocycles. The van der Waals surface area contributed by atoms with Crippen molar-refractivity contribution in [2.24, 2.45) is 17.4 Å². The molecule has 206 valence electrons. The molecule has 0 saturated heterocycles. The number of carboxylic acids is 1. The van der Waals surface area contributed by atoms with Crippen molar-refractivity contribution in [1.29, 1.82) is 0 Å². The van der Waals surface area contributed by atoms with Crippen LogP contribution in [0.5, 0.6) is 0 Å². The summed E-state index contributed by atoms with van der Waals surface area (Å²) >= 11 is 0. The Kier molecular flexibility index (Phi) is 11.4. The van der Waals surface area contributed by atoms with E-state index in [2.05, 4.69) is 25.9 Å². The van der Waals surface area contributed by atoms with Crippen LogP contribution < -0.4 is 27.4 Å². The van der Waals surface area contributed by atoms with Crippen molar-refractivity contribution < 1.29 is 29.1 Å². The summed E-state index contributed by atoms with van der Waals surface area (Å²) in [5.41, 5.74) is 12.1. The van der Waals surface area contributed by atoms with Gasteiger partial charge >= 0.3 is 5.97 Å². The maximum Gasteiger partial charge on any atom is 0.326 e. The van der Waals surface area contributed by atoms with E-state index in [0.717, 1.165) is 0 Å². The van der Waals surface area contributed by atoms with Crippen molar-refractivity contribution in [2.75, 3.05) is 0 Å². The second kappa shape index (κ2) is 14.5. The molecule has 0 bridgehead atoms. The zero-order valence-corrected chi connectivity index (χ0v) is 21.3. The first-order chi connectivity index (χ1) is 18.0. The molecule has 4 amide bonds. The summed E-state index contributed by atoms with van der Waals surface area (Å²) in [5.74, 6) is -4.16. The highest BCUT2D eigenvalue weighted by Crippen LogP contribution is 2.09. The summed E-state index contributed by atoms with van der Waals surface area (Å²) in [6.07, 6.45) is 2.70. The van der Waals surface area contributed by atoms with Crippen LogP contribution in [-0.4, -0.2) is 68.8 Å². The van der Waals surface area contributed by atoms with Crippen molar-refractivity contribution in [3.63, 3.8) is 0 Å². The van der Waals surface area contributed by atoms with Gasteiger partial charge in [0.1, 0.15) is 18.1 Å². The van der Waals surface area contributed by atoms with Crippen LogP contribution in [0.1, 0.15) is 37.9 Å². The monoisotopic (exact) mass is 529 g/mol. The number of carbonyl (C=O) groups is 5. The summed E-state index contributed by atoms with van der Waals surface area (Å²) in [7, 11) is 0. The van der Waals surface area contributed by atoms with E-state index < -0.39 is 60.2 Å². The summed E-state index contributed by atoms with van der Waals surface area (Å²) in [4.78, 5) is 68.8. The Labute approximate surface area is 220 Å². The minimum absolute atomic E-state index is 0.00729. The molecule has 0 saturated carbocycles. The number of benzene rings is 1. The summed E-state index contributed by atoms with van der Waals surface area (Å²) in [5, 5.41) is 17.2. The van der Waals surface area contributed by atoms with Crippen molar-refractivity contribution in [1.82, 2.24) is 25.9 Å². The van der Waals surface area contributed by atoms with Gasteiger partial charge in [0.25, 0.3) is 0 Å². The average molecular weight is 530 g/mol. The van der Waals surface area contributed by atoms with Gasteiger partial charge in [-0.3, -0.25) is 19.2 Å². The number of aromatic nitrogens is 2. The molecule has 1 heterocycles. The van der Waals surface area contributed by atoms with Crippen LogP contribution >= 0.6 is 0 Å². The van der Waals surface area contributed by atoms with E-state index in [0.29, 0.717) is 11.3 Å². The van der Waals surface area contributed by atoms with Crippen LogP contribution in [0.3, 0.4) is 0 Å². The van der Waals surface area contributed by atoms with E-state index in [-0.39, 0.29) is 25.2 Å². The lowest BCUT2D eigenvalue weighted by Crippen LogP contribution is -2.58. The van der Waals surface area contributed by atoms with E-state index in [1.807, 2.05) is 13.8 Å². The SMILES string of the molecule is CC(C)CC(NC(=O)C(Cc1cnc[nH]1)NC(=O)C(Cc1ccccc1)NC(=O)C(N)CC(N)=O)C(=O)O. The number of carboxylic acid groups (broad SMARTS) is 1. The first-order valence-corrected chi connectivity index (χ1v) is 12.1. The maximum absolute atomic E-state index is 13.4. The van der Waals surface area contributed by atoms with E-state index in [4.69, 9.17) is 11.5 Å². The smallest absolute Gasteiger partial charge is 0.326 e. The molecule has 0 aliphatic heterocycles. The number of imidazole rings is 1. The average Bonchev–Trinajstić information content (AvgIpc) is 3.35. The Hall–Kier alpha value is -4.26. The van der Waals surface area contributed by atoms with Gasteiger partial charge < -0.3 is 37.5 Å². The van der Waals surface area contributed by atoms with Crippen LogP contribution in [0.25, 0.3) is 0 Å². The van der Waals surface area contributed by atoms with Crippen LogP contribution in [0.4, 0.5) is 0 Å². The van der Waals surface area contributed by atoms with Gasteiger partial charge in [0.05, 0.1) is 18.8 Å². The van der Waals surface area contributed by atoms with Crippen molar-refractivity contribution in [2.45, 2.75) is 63.7 Å². The molecule has 0 spiro atoms. The summed E-state index contributed by atoms with van der Waals surface area (Å²) in [6.45, 7) is 3.65. The van der Waals surface area contributed by atoms with E-state index >= 15 is 0 Å². The van der Waals surface area contributed by atoms with Gasteiger partial charge in [0, 0.05) is 24.7 Å². The van der Waals surface area contributed by atoms with Gasteiger partial charge in [-0.15, -0.1) is 0 Å². The molecule has 13 heteroatoms. The number of nitrogens with one attached hydrogen (secondary N) is 4. The normalized spacial score (nSPS) is 14.1. The second-order valence-electron chi connectivity index (χ2n) is 9.40. The molecule has 13 nitrogen and oxygen atoms in total. The molecule has 1 aromatic carbocycles. The number of amides is 4.